The summed E-state index contributed by atoms with van der Waals surface area (Å²) in [6, 6.07) is 3.74. The molecule has 0 radical (unpaired) electrons. The van der Waals surface area contributed by atoms with Gasteiger partial charge in [-0.1, -0.05) is 0 Å². The lowest BCUT2D eigenvalue weighted by Crippen LogP contribution is -2.09. The first-order valence-corrected chi connectivity index (χ1v) is 6.51. The molecule has 0 fully saturated rings. The average molecular weight is 281 g/mol. The third-order valence-electron chi connectivity index (χ3n) is 2.93. The van der Waals surface area contributed by atoms with E-state index in [-0.39, 0.29) is 12.8 Å². The Hall–Kier alpha value is -1.95. The first kappa shape index (κ1) is 14.5. The molecule has 0 aromatic heterocycles. The summed E-state index contributed by atoms with van der Waals surface area (Å²) in [5.74, 6) is 1.94. The molecule has 0 unspecified atom stereocenters. The van der Waals surface area contributed by atoms with E-state index < -0.39 is 0 Å². The summed E-state index contributed by atoms with van der Waals surface area (Å²) in [5, 5.41) is 3.08. The molecule has 0 saturated carbocycles. The van der Waals surface area contributed by atoms with E-state index in [1.54, 1.807) is 0 Å². The van der Waals surface area contributed by atoms with Crippen LogP contribution in [0.1, 0.15) is 18.4 Å². The molecule has 0 amide bonds. The number of benzene rings is 1. The summed E-state index contributed by atoms with van der Waals surface area (Å²) in [7, 11) is 3.25. The Labute approximate surface area is 118 Å². The molecular weight excluding hydrogens is 262 g/mol. The molecule has 20 heavy (non-hydrogen) atoms. The van der Waals surface area contributed by atoms with Gasteiger partial charge in [0, 0.05) is 24.6 Å². The zero-order chi connectivity index (χ0) is 14.4. The van der Waals surface area contributed by atoms with Crippen molar-refractivity contribution in [2.24, 2.45) is 0 Å². The molecule has 1 aromatic carbocycles. The first-order chi connectivity index (χ1) is 9.74. The third-order valence-corrected chi connectivity index (χ3v) is 2.93. The maximum atomic E-state index is 11.0. The fourth-order valence-electron chi connectivity index (χ4n) is 1.93. The molecular formula is C14H19NO5. The molecule has 110 valence electrons. The summed E-state index contributed by atoms with van der Waals surface area (Å²) < 4.78 is 21.0. The van der Waals surface area contributed by atoms with E-state index in [9.17, 15) is 4.79 Å². The Morgan fingerprint density at radius 1 is 1.35 bits per heavy atom. The maximum Gasteiger partial charge on any atom is 0.305 e. The Balaban J connectivity index is 1.97. The van der Waals surface area contributed by atoms with Crippen LogP contribution in [0.2, 0.25) is 0 Å². The monoisotopic (exact) mass is 281 g/mol. The molecule has 2 rings (SSSR count). The van der Waals surface area contributed by atoms with Gasteiger partial charge >= 0.3 is 5.97 Å². The van der Waals surface area contributed by atoms with Crippen molar-refractivity contribution in [2.45, 2.75) is 19.4 Å². The van der Waals surface area contributed by atoms with Crippen LogP contribution in [-0.4, -0.2) is 33.5 Å². The highest BCUT2D eigenvalue weighted by atomic mass is 16.7. The standard InChI is InChI=1S/C14H19NO5/c1-15-8-10-6-12-13(20-9-19-12)7-11(10)18-5-3-4-14(16)17-2/h6-7,15H,3-5,8-9H2,1-2H3. The molecule has 0 atom stereocenters. The van der Waals surface area contributed by atoms with Gasteiger partial charge in [-0.15, -0.1) is 0 Å². The molecule has 1 aliphatic heterocycles. The van der Waals surface area contributed by atoms with Gasteiger partial charge < -0.3 is 24.3 Å². The molecule has 1 aliphatic rings. The van der Waals surface area contributed by atoms with Crippen LogP contribution in [0.3, 0.4) is 0 Å². The van der Waals surface area contributed by atoms with Crippen LogP contribution in [0.25, 0.3) is 0 Å². The van der Waals surface area contributed by atoms with Crippen LogP contribution in [0, 0.1) is 0 Å². The van der Waals surface area contributed by atoms with Crippen molar-refractivity contribution in [3.8, 4) is 17.2 Å². The van der Waals surface area contributed by atoms with E-state index in [1.807, 2.05) is 19.2 Å². The number of methoxy groups -OCH3 is 1. The van der Waals surface area contributed by atoms with E-state index in [0.717, 1.165) is 17.1 Å². The number of esters is 1. The van der Waals surface area contributed by atoms with Crippen molar-refractivity contribution >= 4 is 5.97 Å². The number of carbonyl (C=O) groups is 1. The normalized spacial score (nSPS) is 12.3. The molecule has 0 saturated heterocycles. The molecule has 0 spiro atoms. The molecule has 0 bridgehead atoms. The number of carbonyl (C=O) groups excluding carboxylic acids is 1. The van der Waals surface area contributed by atoms with Crippen molar-refractivity contribution < 1.29 is 23.7 Å². The minimum absolute atomic E-state index is 0.227. The second kappa shape index (κ2) is 7.00. The average Bonchev–Trinajstić information content (AvgIpc) is 2.90. The molecule has 6 nitrogen and oxygen atoms in total. The van der Waals surface area contributed by atoms with Gasteiger partial charge in [0.1, 0.15) is 5.75 Å². The Morgan fingerprint density at radius 3 is 2.80 bits per heavy atom. The third kappa shape index (κ3) is 3.54. The van der Waals surface area contributed by atoms with E-state index in [4.69, 9.17) is 14.2 Å². The number of ether oxygens (including phenoxy) is 4. The largest absolute Gasteiger partial charge is 0.493 e. The van der Waals surface area contributed by atoms with Gasteiger partial charge in [0.25, 0.3) is 0 Å². The molecule has 1 N–H and O–H groups in total. The SMILES string of the molecule is CNCc1cc2c(cc1OCCCC(=O)OC)OCO2. The van der Waals surface area contributed by atoms with Crippen LogP contribution in [0.4, 0.5) is 0 Å². The second-order valence-corrected chi connectivity index (χ2v) is 4.37. The number of fused-ring (bicyclic) bond motifs is 1. The highest BCUT2D eigenvalue weighted by Crippen LogP contribution is 2.38. The van der Waals surface area contributed by atoms with E-state index >= 15 is 0 Å². The van der Waals surface area contributed by atoms with E-state index in [1.165, 1.54) is 7.11 Å². The lowest BCUT2D eigenvalue weighted by Gasteiger charge is -2.12. The lowest BCUT2D eigenvalue weighted by atomic mass is 10.1. The summed E-state index contributed by atoms with van der Waals surface area (Å²) in [6.07, 6.45) is 0.961. The topological polar surface area (TPSA) is 66.0 Å². The minimum Gasteiger partial charge on any atom is -0.493 e. The number of hydrogen-bond donors (Lipinski definition) is 1. The Bertz CT molecular complexity index is 475. The molecule has 1 heterocycles. The Kier molecular flexibility index (Phi) is 5.06. The van der Waals surface area contributed by atoms with Gasteiger partial charge in [0.05, 0.1) is 13.7 Å². The van der Waals surface area contributed by atoms with Gasteiger partial charge in [-0.25, -0.2) is 0 Å². The minimum atomic E-state index is -0.227. The summed E-state index contributed by atoms with van der Waals surface area (Å²) >= 11 is 0. The van der Waals surface area contributed by atoms with Crippen LogP contribution >= 0.6 is 0 Å². The Morgan fingerprint density at radius 2 is 2.10 bits per heavy atom. The molecule has 1 aromatic rings. The predicted octanol–water partition coefficient (Wildman–Crippen LogP) is 1.47. The van der Waals surface area contributed by atoms with Gasteiger partial charge in [-0.3, -0.25) is 4.79 Å². The lowest BCUT2D eigenvalue weighted by molar-refractivity contribution is -0.140. The van der Waals surface area contributed by atoms with Gasteiger partial charge in [0.2, 0.25) is 6.79 Å². The zero-order valence-electron chi connectivity index (χ0n) is 11.7. The fourth-order valence-corrected chi connectivity index (χ4v) is 1.93. The number of hydrogen-bond acceptors (Lipinski definition) is 6. The van der Waals surface area contributed by atoms with Gasteiger partial charge in [-0.2, -0.15) is 0 Å². The van der Waals surface area contributed by atoms with Crippen LogP contribution in [-0.2, 0) is 16.1 Å². The van der Waals surface area contributed by atoms with Crippen molar-refractivity contribution in [1.82, 2.24) is 5.32 Å². The predicted molar refractivity (Wildman–Crippen MR) is 72.1 cm³/mol. The van der Waals surface area contributed by atoms with Crippen molar-refractivity contribution in [2.75, 3.05) is 27.6 Å². The molecule has 0 aliphatic carbocycles. The maximum absolute atomic E-state index is 11.0. The van der Waals surface area contributed by atoms with Crippen molar-refractivity contribution in [1.29, 1.82) is 0 Å². The highest BCUT2D eigenvalue weighted by molar-refractivity contribution is 5.69. The summed E-state index contributed by atoms with van der Waals surface area (Å²) in [6.45, 7) is 1.36. The zero-order valence-corrected chi connectivity index (χ0v) is 11.7. The van der Waals surface area contributed by atoms with Crippen molar-refractivity contribution in [3.05, 3.63) is 17.7 Å². The summed E-state index contributed by atoms with van der Waals surface area (Å²) in [4.78, 5) is 11.0. The fraction of sp³-hybridized carbons (Fsp3) is 0.500. The highest BCUT2D eigenvalue weighted by Gasteiger charge is 2.17. The van der Waals surface area contributed by atoms with E-state index in [0.29, 0.717) is 31.7 Å². The smallest absolute Gasteiger partial charge is 0.305 e. The quantitative estimate of drug-likeness (QED) is 0.603. The molecule has 6 heteroatoms. The van der Waals surface area contributed by atoms with E-state index in [2.05, 4.69) is 10.1 Å². The summed E-state index contributed by atoms with van der Waals surface area (Å²) in [5.41, 5.74) is 0.995. The van der Waals surface area contributed by atoms with Crippen LogP contribution in [0.5, 0.6) is 17.2 Å². The first-order valence-electron chi connectivity index (χ1n) is 6.51. The van der Waals surface area contributed by atoms with Crippen LogP contribution < -0.4 is 19.5 Å². The van der Waals surface area contributed by atoms with Crippen molar-refractivity contribution in [3.63, 3.8) is 0 Å². The van der Waals surface area contributed by atoms with Gasteiger partial charge in [0.15, 0.2) is 11.5 Å². The van der Waals surface area contributed by atoms with Gasteiger partial charge in [-0.05, 0) is 19.5 Å². The number of nitrogens with one attached hydrogen (secondary N) is 1. The second-order valence-electron chi connectivity index (χ2n) is 4.37. The van der Waals surface area contributed by atoms with Crippen LogP contribution in [0.15, 0.2) is 12.1 Å². The number of rotatable bonds is 7.